The lowest BCUT2D eigenvalue weighted by atomic mass is 9.75. The summed E-state index contributed by atoms with van der Waals surface area (Å²) in [4.78, 5) is 15.2. The average molecular weight is 203 g/mol. The highest BCUT2D eigenvalue weighted by atomic mass is 16.7. The van der Waals surface area contributed by atoms with E-state index in [4.69, 9.17) is 0 Å². The normalized spacial score (nSPS) is 19.1. The van der Waals surface area contributed by atoms with Gasteiger partial charge in [-0.25, -0.2) is 4.79 Å². The van der Waals surface area contributed by atoms with Gasteiger partial charge in [0.15, 0.2) is 0 Å². The first kappa shape index (κ1) is 9.90. The van der Waals surface area contributed by atoms with Crippen LogP contribution in [-0.2, 0) is 16.1 Å². The Labute approximate surface area is 88.7 Å². The predicted octanol–water partition coefficient (Wildman–Crippen LogP) is 2.27. The average Bonchev–Trinajstić information content (AvgIpc) is 2.17. The van der Waals surface area contributed by atoms with E-state index in [0.29, 0.717) is 5.92 Å². The van der Waals surface area contributed by atoms with Crippen LogP contribution >= 0.6 is 0 Å². The predicted molar refractivity (Wildman–Crippen MR) is 57.8 cm³/mol. The minimum absolute atomic E-state index is 0.320. The standard InChI is InChI=1S/C12H13NO2/c1-8(13-15-9(2)14)12-7-10-5-3-4-6-11(10)12/h3-6,12H,7H2,1-2H3/b13-8-. The van der Waals surface area contributed by atoms with E-state index in [1.54, 1.807) is 0 Å². The van der Waals surface area contributed by atoms with Crippen LogP contribution in [0, 0.1) is 0 Å². The number of fused-ring (bicyclic) bond motifs is 1. The van der Waals surface area contributed by atoms with Crippen molar-refractivity contribution in [1.82, 2.24) is 0 Å². The minimum Gasteiger partial charge on any atom is -0.319 e. The molecule has 2 rings (SSSR count). The van der Waals surface area contributed by atoms with Gasteiger partial charge >= 0.3 is 5.97 Å². The highest BCUT2D eigenvalue weighted by Crippen LogP contribution is 2.35. The molecule has 1 aliphatic carbocycles. The molecule has 78 valence electrons. The van der Waals surface area contributed by atoms with Gasteiger partial charge in [0.25, 0.3) is 0 Å². The highest BCUT2D eigenvalue weighted by Gasteiger charge is 2.28. The molecule has 1 unspecified atom stereocenters. The number of carbonyl (C=O) groups excluding carboxylic acids is 1. The third-order valence-electron chi connectivity index (χ3n) is 2.68. The maximum absolute atomic E-state index is 10.6. The molecule has 0 amide bonds. The summed E-state index contributed by atoms with van der Waals surface area (Å²) in [6.45, 7) is 3.25. The fourth-order valence-corrected chi connectivity index (χ4v) is 1.83. The third-order valence-corrected chi connectivity index (χ3v) is 2.68. The van der Waals surface area contributed by atoms with E-state index in [9.17, 15) is 4.79 Å². The molecule has 0 aromatic heterocycles. The summed E-state index contributed by atoms with van der Waals surface area (Å²) < 4.78 is 0. The number of nitrogens with zero attached hydrogens (tertiary/aromatic N) is 1. The van der Waals surface area contributed by atoms with Gasteiger partial charge in [0.05, 0.1) is 5.71 Å². The van der Waals surface area contributed by atoms with Gasteiger partial charge in [-0.3, -0.25) is 0 Å². The van der Waals surface area contributed by atoms with Gasteiger partial charge in [-0.05, 0) is 24.5 Å². The topological polar surface area (TPSA) is 38.7 Å². The SMILES string of the molecule is CC(=O)O/N=C(/C)C1Cc2ccccc21. The van der Waals surface area contributed by atoms with Crippen molar-refractivity contribution < 1.29 is 9.63 Å². The van der Waals surface area contributed by atoms with E-state index >= 15 is 0 Å². The molecule has 0 aliphatic heterocycles. The number of hydrogen-bond donors (Lipinski definition) is 0. The maximum atomic E-state index is 10.6. The quantitative estimate of drug-likeness (QED) is 0.420. The molecule has 3 heteroatoms. The molecule has 1 aliphatic rings. The minimum atomic E-state index is -0.373. The zero-order chi connectivity index (χ0) is 10.8. The summed E-state index contributed by atoms with van der Waals surface area (Å²) >= 11 is 0. The molecule has 0 spiro atoms. The van der Waals surface area contributed by atoms with Crippen LogP contribution in [0.25, 0.3) is 0 Å². The fourth-order valence-electron chi connectivity index (χ4n) is 1.83. The Hall–Kier alpha value is -1.64. The van der Waals surface area contributed by atoms with Gasteiger partial charge in [-0.2, -0.15) is 0 Å². The van der Waals surface area contributed by atoms with Crippen LogP contribution in [-0.4, -0.2) is 11.7 Å². The molecule has 0 radical (unpaired) electrons. The first-order chi connectivity index (χ1) is 7.18. The van der Waals surface area contributed by atoms with Crippen LogP contribution in [0.3, 0.4) is 0 Å². The highest BCUT2D eigenvalue weighted by molar-refractivity contribution is 5.91. The number of carbonyl (C=O) groups is 1. The fraction of sp³-hybridized carbons (Fsp3) is 0.333. The van der Waals surface area contributed by atoms with E-state index in [-0.39, 0.29) is 5.97 Å². The van der Waals surface area contributed by atoms with Crippen molar-refractivity contribution >= 4 is 11.7 Å². The largest absolute Gasteiger partial charge is 0.331 e. The molecule has 0 N–H and O–H groups in total. The Bertz CT molecular complexity index is 423. The van der Waals surface area contributed by atoms with Crippen LogP contribution < -0.4 is 0 Å². The molecule has 0 saturated carbocycles. The molecular weight excluding hydrogens is 190 g/mol. The van der Waals surface area contributed by atoms with Crippen molar-refractivity contribution in [1.29, 1.82) is 0 Å². The maximum Gasteiger partial charge on any atom is 0.331 e. The summed E-state index contributed by atoms with van der Waals surface area (Å²) in [5.74, 6) is -0.0532. The second kappa shape index (κ2) is 3.85. The molecule has 3 nitrogen and oxygen atoms in total. The number of rotatable bonds is 2. The molecule has 15 heavy (non-hydrogen) atoms. The smallest absolute Gasteiger partial charge is 0.319 e. The zero-order valence-electron chi connectivity index (χ0n) is 8.86. The molecule has 1 aromatic carbocycles. The Morgan fingerprint density at radius 2 is 2.13 bits per heavy atom. The van der Waals surface area contributed by atoms with Gasteiger partial charge < -0.3 is 4.84 Å². The number of hydrogen-bond acceptors (Lipinski definition) is 3. The van der Waals surface area contributed by atoms with Crippen molar-refractivity contribution in [3.63, 3.8) is 0 Å². The zero-order valence-corrected chi connectivity index (χ0v) is 8.86. The van der Waals surface area contributed by atoms with Crippen molar-refractivity contribution in [2.45, 2.75) is 26.2 Å². The van der Waals surface area contributed by atoms with E-state index in [1.807, 2.05) is 19.1 Å². The van der Waals surface area contributed by atoms with Gasteiger partial charge in [0.2, 0.25) is 0 Å². The van der Waals surface area contributed by atoms with Crippen molar-refractivity contribution in [2.24, 2.45) is 5.16 Å². The monoisotopic (exact) mass is 203 g/mol. The van der Waals surface area contributed by atoms with Crippen LogP contribution in [0.4, 0.5) is 0 Å². The molecule has 0 heterocycles. The Morgan fingerprint density at radius 3 is 2.80 bits per heavy atom. The van der Waals surface area contributed by atoms with Gasteiger partial charge in [0, 0.05) is 12.8 Å². The summed E-state index contributed by atoms with van der Waals surface area (Å²) in [5, 5.41) is 3.81. The molecule has 0 fully saturated rings. The molecular formula is C12H13NO2. The lowest BCUT2D eigenvalue weighted by Gasteiger charge is -2.29. The lowest BCUT2D eigenvalue weighted by Crippen LogP contribution is -2.23. The number of benzene rings is 1. The van der Waals surface area contributed by atoms with Crippen molar-refractivity contribution in [3.05, 3.63) is 35.4 Å². The molecule has 1 aromatic rings. The molecule has 1 atom stereocenters. The van der Waals surface area contributed by atoms with Crippen molar-refractivity contribution in [2.75, 3.05) is 0 Å². The van der Waals surface area contributed by atoms with Crippen LogP contribution in [0.2, 0.25) is 0 Å². The van der Waals surface area contributed by atoms with Crippen LogP contribution in [0.1, 0.15) is 30.9 Å². The van der Waals surface area contributed by atoms with E-state index < -0.39 is 0 Å². The van der Waals surface area contributed by atoms with Crippen LogP contribution in [0.15, 0.2) is 29.4 Å². The Balaban J connectivity index is 2.10. The van der Waals surface area contributed by atoms with E-state index in [0.717, 1.165) is 12.1 Å². The molecule has 0 saturated heterocycles. The van der Waals surface area contributed by atoms with Gasteiger partial charge in [-0.15, -0.1) is 0 Å². The first-order valence-electron chi connectivity index (χ1n) is 4.98. The molecule has 0 bridgehead atoms. The summed E-state index contributed by atoms with van der Waals surface area (Å²) in [7, 11) is 0. The summed E-state index contributed by atoms with van der Waals surface area (Å²) in [6, 6.07) is 8.26. The summed E-state index contributed by atoms with van der Waals surface area (Å²) in [6.07, 6.45) is 0.993. The lowest BCUT2D eigenvalue weighted by molar-refractivity contribution is -0.140. The van der Waals surface area contributed by atoms with Gasteiger partial charge in [-0.1, -0.05) is 29.4 Å². The third kappa shape index (κ3) is 1.91. The second-order valence-electron chi connectivity index (χ2n) is 3.77. The van der Waals surface area contributed by atoms with E-state index in [2.05, 4.69) is 22.1 Å². The van der Waals surface area contributed by atoms with E-state index in [1.165, 1.54) is 18.1 Å². The van der Waals surface area contributed by atoms with Crippen LogP contribution in [0.5, 0.6) is 0 Å². The second-order valence-corrected chi connectivity index (χ2v) is 3.77. The summed E-state index contributed by atoms with van der Waals surface area (Å²) in [5.41, 5.74) is 3.52. The number of oxime groups is 1. The van der Waals surface area contributed by atoms with Gasteiger partial charge in [0.1, 0.15) is 0 Å². The Morgan fingerprint density at radius 1 is 1.40 bits per heavy atom. The Kier molecular flexibility index (Phi) is 2.54. The van der Waals surface area contributed by atoms with Crippen molar-refractivity contribution in [3.8, 4) is 0 Å². The first-order valence-corrected chi connectivity index (χ1v) is 4.98.